The second-order valence-electron chi connectivity index (χ2n) is 6.84. The number of rotatable bonds is 5. The van der Waals surface area contributed by atoms with Gasteiger partial charge in [0.1, 0.15) is 0 Å². The molecular weight excluding hydrogens is 242 g/mol. The zero-order valence-electron chi connectivity index (χ0n) is 13.4. The molecule has 1 nitrogen and oxygen atoms in total. The van der Waals surface area contributed by atoms with Gasteiger partial charge in [-0.05, 0) is 37.2 Å². The molecule has 1 aromatic rings. The summed E-state index contributed by atoms with van der Waals surface area (Å²) in [5, 5.41) is 3.93. The minimum Gasteiger partial charge on any atom is -0.307 e. The average Bonchev–Trinajstić information content (AvgIpc) is 2.74. The number of nitrogens with one attached hydrogen (secondary N) is 1. The minimum atomic E-state index is 0.481. The van der Waals surface area contributed by atoms with E-state index in [-0.39, 0.29) is 0 Å². The quantitative estimate of drug-likeness (QED) is 0.715. The molecule has 0 heterocycles. The third kappa shape index (κ3) is 4.34. The SMILES string of the molecule is CC(C)C(N[C@H](C)C1CCCCCC1)c1ccccc1. The van der Waals surface area contributed by atoms with Gasteiger partial charge in [-0.15, -0.1) is 0 Å². The van der Waals surface area contributed by atoms with Gasteiger partial charge in [-0.1, -0.05) is 69.9 Å². The molecule has 0 amide bonds. The van der Waals surface area contributed by atoms with Crippen molar-refractivity contribution in [1.82, 2.24) is 5.32 Å². The molecule has 1 fully saturated rings. The molecule has 1 saturated carbocycles. The van der Waals surface area contributed by atoms with Gasteiger partial charge in [-0.25, -0.2) is 0 Å². The van der Waals surface area contributed by atoms with Crippen LogP contribution >= 0.6 is 0 Å². The lowest BCUT2D eigenvalue weighted by Crippen LogP contribution is -2.38. The smallest absolute Gasteiger partial charge is 0.0345 e. The van der Waals surface area contributed by atoms with E-state index in [4.69, 9.17) is 0 Å². The van der Waals surface area contributed by atoms with Gasteiger partial charge in [0.2, 0.25) is 0 Å². The largest absolute Gasteiger partial charge is 0.307 e. The Morgan fingerprint density at radius 2 is 1.50 bits per heavy atom. The van der Waals surface area contributed by atoms with Gasteiger partial charge in [0.25, 0.3) is 0 Å². The summed E-state index contributed by atoms with van der Waals surface area (Å²) < 4.78 is 0. The van der Waals surface area contributed by atoms with Gasteiger partial charge in [0.05, 0.1) is 0 Å². The Labute approximate surface area is 125 Å². The Hall–Kier alpha value is -0.820. The average molecular weight is 273 g/mol. The predicted octanol–water partition coefficient (Wildman–Crippen LogP) is 5.33. The first-order chi connectivity index (χ1) is 9.68. The van der Waals surface area contributed by atoms with Gasteiger partial charge in [-0.2, -0.15) is 0 Å². The van der Waals surface area contributed by atoms with Gasteiger partial charge in [0, 0.05) is 12.1 Å². The summed E-state index contributed by atoms with van der Waals surface area (Å²) in [6.45, 7) is 7.04. The Balaban J connectivity index is 2.00. The lowest BCUT2D eigenvalue weighted by Gasteiger charge is -2.31. The van der Waals surface area contributed by atoms with E-state index in [1.54, 1.807) is 0 Å². The van der Waals surface area contributed by atoms with E-state index in [0.717, 1.165) is 5.92 Å². The van der Waals surface area contributed by atoms with E-state index >= 15 is 0 Å². The molecule has 0 bridgehead atoms. The molecule has 112 valence electrons. The first-order valence-electron chi connectivity index (χ1n) is 8.49. The molecule has 2 atom stereocenters. The van der Waals surface area contributed by atoms with Crippen LogP contribution in [0.15, 0.2) is 30.3 Å². The van der Waals surface area contributed by atoms with Crippen molar-refractivity contribution in [1.29, 1.82) is 0 Å². The van der Waals surface area contributed by atoms with E-state index in [9.17, 15) is 0 Å². The highest BCUT2D eigenvalue weighted by molar-refractivity contribution is 5.19. The van der Waals surface area contributed by atoms with E-state index < -0.39 is 0 Å². The molecular formula is C19H31N. The minimum absolute atomic E-state index is 0.481. The molecule has 0 spiro atoms. The number of benzene rings is 1. The second kappa shape index (κ2) is 7.83. The first-order valence-corrected chi connectivity index (χ1v) is 8.49. The first kappa shape index (κ1) is 15.6. The highest BCUT2D eigenvalue weighted by Gasteiger charge is 2.23. The fourth-order valence-corrected chi connectivity index (χ4v) is 3.56. The molecule has 0 radical (unpaired) electrons. The molecule has 1 aliphatic carbocycles. The standard InChI is InChI=1S/C19H31N/c1-15(2)19(18-13-9-6-10-14-18)20-16(3)17-11-7-4-5-8-12-17/h6,9-10,13-17,19-20H,4-5,7-8,11-12H2,1-3H3/t16-,19?/m1/s1. The van der Waals surface area contributed by atoms with Crippen molar-refractivity contribution in [2.24, 2.45) is 11.8 Å². The summed E-state index contributed by atoms with van der Waals surface area (Å²) in [6, 6.07) is 12.0. The molecule has 1 unspecified atom stereocenters. The van der Waals surface area contributed by atoms with Crippen molar-refractivity contribution in [2.75, 3.05) is 0 Å². The summed E-state index contributed by atoms with van der Waals surface area (Å²) in [5.41, 5.74) is 1.43. The van der Waals surface area contributed by atoms with Crippen LogP contribution in [0.5, 0.6) is 0 Å². The van der Waals surface area contributed by atoms with Crippen molar-refractivity contribution in [2.45, 2.75) is 71.4 Å². The van der Waals surface area contributed by atoms with Gasteiger partial charge in [0.15, 0.2) is 0 Å². The molecule has 1 N–H and O–H groups in total. The van der Waals surface area contributed by atoms with Crippen molar-refractivity contribution in [3.63, 3.8) is 0 Å². The molecule has 1 aromatic carbocycles. The van der Waals surface area contributed by atoms with E-state index in [0.29, 0.717) is 18.0 Å². The van der Waals surface area contributed by atoms with Crippen LogP contribution in [0.2, 0.25) is 0 Å². The zero-order chi connectivity index (χ0) is 14.4. The molecule has 0 saturated heterocycles. The highest BCUT2D eigenvalue weighted by Crippen LogP contribution is 2.29. The van der Waals surface area contributed by atoms with Gasteiger partial charge in [-0.3, -0.25) is 0 Å². The molecule has 2 rings (SSSR count). The lowest BCUT2D eigenvalue weighted by atomic mass is 9.89. The fraction of sp³-hybridized carbons (Fsp3) is 0.684. The van der Waals surface area contributed by atoms with Crippen LogP contribution in [0.25, 0.3) is 0 Å². The zero-order valence-corrected chi connectivity index (χ0v) is 13.4. The second-order valence-corrected chi connectivity index (χ2v) is 6.84. The molecule has 0 aliphatic heterocycles. The molecule has 1 aliphatic rings. The van der Waals surface area contributed by atoms with Gasteiger partial charge < -0.3 is 5.32 Å². The normalized spacial score (nSPS) is 20.6. The Morgan fingerprint density at radius 1 is 0.900 bits per heavy atom. The van der Waals surface area contributed by atoms with E-state index in [2.05, 4.69) is 56.4 Å². The lowest BCUT2D eigenvalue weighted by molar-refractivity contribution is 0.280. The molecule has 20 heavy (non-hydrogen) atoms. The Bertz CT molecular complexity index is 363. The van der Waals surface area contributed by atoms with Crippen LogP contribution < -0.4 is 5.32 Å². The van der Waals surface area contributed by atoms with Gasteiger partial charge >= 0.3 is 0 Å². The van der Waals surface area contributed by atoms with Crippen LogP contribution in [-0.4, -0.2) is 6.04 Å². The summed E-state index contributed by atoms with van der Waals surface area (Å²) in [4.78, 5) is 0. The summed E-state index contributed by atoms with van der Waals surface area (Å²) in [5.74, 6) is 1.49. The van der Waals surface area contributed by atoms with Crippen LogP contribution in [-0.2, 0) is 0 Å². The predicted molar refractivity (Wildman–Crippen MR) is 87.8 cm³/mol. The van der Waals surface area contributed by atoms with Crippen molar-refractivity contribution in [3.05, 3.63) is 35.9 Å². The van der Waals surface area contributed by atoms with Crippen molar-refractivity contribution in [3.8, 4) is 0 Å². The number of hydrogen-bond acceptors (Lipinski definition) is 1. The van der Waals surface area contributed by atoms with Crippen LogP contribution in [0.1, 0.15) is 70.9 Å². The fourth-order valence-electron chi connectivity index (χ4n) is 3.56. The van der Waals surface area contributed by atoms with E-state index in [1.165, 1.54) is 44.1 Å². The molecule has 1 heteroatoms. The van der Waals surface area contributed by atoms with Crippen LogP contribution in [0.4, 0.5) is 0 Å². The monoisotopic (exact) mass is 273 g/mol. The van der Waals surface area contributed by atoms with E-state index in [1.807, 2.05) is 0 Å². The summed E-state index contributed by atoms with van der Waals surface area (Å²) >= 11 is 0. The Kier molecular flexibility index (Phi) is 6.09. The highest BCUT2D eigenvalue weighted by atomic mass is 15.0. The van der Waals surface area contributed by atoms with Crippen molar-refractivity contribution < 1.29 is 0 Å². The summed E-state index contributed by atoms with van der Waals surface area (Å²) in [7, 11) is 0. The topological polar surface area (TPSA) is 12.0 Å². The Morgan fingerprint density at radius 3 is 2.05 bits per heavy atom. The van der Waals surface area contributed by atoms with Crippen molar-refractivity contribution >= 4 is 0 Å². The maximum atomic E-state index is 3.93. The maximum Gasteiger partial charge on any atom is 0.0345 e. The maximum absolute atomic E-state index is 3.93. The molecule has 0 aromatic heterocycles. The third-order valence-electron chi connectivity index (χ3n) is 4.87. The summed E-state index contributed by atoms with van der Waals surface area (Å²) in [6.07, 6.45) is 8.55. The van der Waals surface area contributed by atoms with Crippen LogP contribution in [0, 0.1) is 11.8 Å². The van der Waals surface area contributed by atoms with Crippen LogP contribution in [0.3, 0.4) is 0 Å². The third-order valence-corrected chi connectivity index (χ3v) is 4.87. The number of hydrogen-bond donors (Lipinski definition) is 1.